The van der Waals surface area contributed by atoms with E-state index in [-0.39, 0.29) is 12.7 Å². The Balaban J connectivity index is 2.38. The molecule has 0 bridgehead atoms. The van der Waals surface area contributed by atoms with Gasteiger partial charge in [-0.05, 0) is 25.5 Å². The van der Waals surface area contributed by atoms with Crippen LogP contribution in [0.15, 0.2) is 18.3 Å². The molecule has 0 spiro atoms. The van der Waals surface area contributed by atoms with Crippen molar-refractivity contribution in [2.24, 2.45) is 0 Å². The number of hydrogen-bond donors (Lipinski definition) is 2. The van der Waals surface area contributed by atoms with E-state index in [0.29, 0.717) is 12.4 Å². The van der Waals surface area contributed by atoms with Gasteiger partial charge in [-0.3, -0.25) is 4.79 Å². The zero-order chi connectivity index (χ0) is 14.3. The summed E-state index contributed by atoms with van der Waals surface area (Å²) in [6.07, 6.45) is 0.228. The summed E-state index contributed by atoms with van der Waals surface area (Å²) in [4.78, 5) is 15.7. The zero-order valence-electron chi connectivity index (χ0n) is 11.4. The van der Waals surface area contributed by atoms with E-state index in [4.69, 9.17) is 9.47 Å². The number of carbonyl (C=O) groups is 1. The first-order valence-electron chi connectivity index (χ1n) is 6.05. The summed E-state index contributed by atoms with van der Waals surface area (Å²) in [5, 5.41) is 12.2. The Bertz CT molecular complexity index is 394. The van der Waals surface area contributed by atoms with Crippen LogP contribution < -0.4 is 5.32 Å². The van der Waals surface area contributed by atoms with E-state index in [2.05, 4.69) is 10.3 Å². The van der Waals surface area contributed by atoms with Gasteiger partial charge in [-0.25, -0.2) is 4.98 Å². The van der Waals surface area contributed by atoms with Gasteiger partial charge in [-0.1, -0.05) is 6.07 Å². The van der Waals surface area contributed by atoms with Crippen LogP contribution in [0.4, 0.5) is 5.82 Å². The summed E-state index contributed by atoms with van der Waals surface area (Å²) in [6, 6.07) is 3.50. The molecular weight excluding hydrogens is 248 g/mol. The third-order valence-electron chi connectivity index (χ3n) is 2.41. The number of ether oxygens (including phenoxy) is 2. The Kier molecular flexibility index (Phi) is 6.41. The molecule has 0 saturated carbocycles. The molecule has 1 amide bonds. The number of aryl methyl sites for hydroxylation is 1. The summed E-state index contributed by atoms with van der Waals surface area (Å²) in [7, 11) is 1.56. The lowest BCUT2D eigenvalue weighted by atomic mass is 10.3. The summed E-state index contributed by atoms with van der Waals surface area (Å²) < 4.78 is 10.2. The largest absolute Gasteiger partial charge is 0.382 e. The number of rotatable bonds is 7. The number of hydrogen-bond acceptors (Lipinski definition) is 5. The Morgan fingerprint density at radius 1 is 1.47 bits per heavy atom. The van der Waals surface area contributed by atoms with Crippen molar-refractivity contribution in [2.45, 2.75) is 26.1 Å². The normalized spacial score (nSPS) is 13.9. The van der Waals surface area contributed by atoms with Gasteiger partial charge in [0, 0.05) is 13.3 Å². The topological polar surface area (TPSA) is 80.7 Å². The summed E-state index contributed by atoms with van der Waals surface area (Å²) in [5.41, 5.74) is 0.996. The van der Waals surface area contributed by atoms with E-state index in [9.17, 15) is 9.90 Å². The predicted octanol–water partition coefficient (Wildman–Crippen LogP) is 0.741. The second-order valence-corrected chi connectivity index (χ2v) is 4.33. The standard InChI is InChI=1S/C13H20N2O4/c1-9-4-5-12(14-6-9)15-13(17)11(16)8-19-10(2)7-18-3/h4-6,10-11,16H,7-8H2,1-3H3,(H,14,15,17). The van der Waals surface area contributed by atoms with Crippen LogP contribution in [0.1, 0.15) is 12.5 Å². The summed E-state index contributed by atoms with van der Waals surface area (Å²) in [6.45, 7) is 4.03. The Labute approximate surface area is 112 Å². The molecule has 1 aromatic rings. The highest BCUT2D eigenvalue weighted by molar-refractivity contribution is 5.93. The average Bonchev–Trinajstić information content (AvgIpc) is 2.39. The number of aromatic nitrogens is 1. The van der Waals surface area contributed by atoms with Crippen LogP contribution in [-0.2, 0) is 14.3 Å². The van der Waals surface area contributed by atoms with E-state index >= 15 is 0 Å². The van der Waals surface area contributed by atoms with Gasteiger partial charge in [-0.2, -0.15) is 0 Å². The lowest BCUT2D eigenvalue weighted by molar-refractivity contribution is -0.129. The van der Waals surface area contributed by atoms with Crippen LogP contribution >= 0.6 is 0 Å². The number of methoxy groups -OCH3 is 1. The highest BCUT2D eigenvalue weighted by Crippen LogP contribution is 2.05. The van der Waals surface area contributed by atoms with Gasteiger partial charge in [-0.15, -0.1) is 0 Å². The van der Waals surface area contributed by atoms with Gasteiger partial charge in [0.25, 0.3) is 5.91 Å². The molecule has 6 heteroatoms. The van der Waals surface area contributed by atoms with Crippen molar-refractivity contribution in [1.29, 1.82) is 0 Å². The molecule has 0 aliphatic rings. The van der Waals surface area contributed by atoms with E-state index in [1.807, 2.05) is 13.0 Å². The highest BCUT2D eigenvalue weighted by atomic mass is 16.5. The minimum atomic E-state index is -1.23. The lowest BCUT2D eigenvalue weighted by Gasteiger charge is -2.15. The molecule has 6 nitrogen and oxygen atoms in total. The van der Waals surface area contributed by atoms with Crippen molar-refractivity contribution in [1.82, 2.24) is 4.98 Å². The smallest absolute Gasteiger partial charge is 0.256 e. The molecular formula is C13H20N2O4. The van der Waals surface area contributed by atoms with Crippen molar-refractivity contribution in [2.75, 3.05) is 25.6 Å². The Morgan fingerprint density at radius 2 is 2.21 bits per heavy atom. The molecule has 0 saturated heterocycles. The molecule has 2 N–H and O–H groups in total. The van der Waals surface area contributed by atoms with E-state index < -0.39 is 12.0 Å². The number of amides is 1. The minimum Gasteiger partial charge on any atom is -0.382 e. The van der Waals surface area contributed by atoms with Gasteiger partial charge >= 0.3 is 0 Å². The second kappa shape index (κ2) is 7.83. The van der Waals surface area contributed by atoms with Gasteiger partial charge in [0.15, 0.2) is 6.10 Å². The summed E-state index contributed by atoms with van der Waals surface area (Å²) >= 11 is 0. The van der Waals surface area contributed by atoms with Crippen LogP contribution in [0, 0.1) is 6.92 Å². The van der Waals surface area contributed by atoms with E-state index in [0.717, 1.165) is 5.56 Å². The molecule has 1 aromatic heterocycles. The van der Waals surface area contributed by atoms with Gasteiger partial charge in [0.1, 0.15) is 5.82 Å². The molecule has 0 radical (unpaired) electrons. The third-order valence-corrected chi connectivity index (χ3v) is 2.41. The minimum absolute atomic E-state index is 0.0811. The number of pyridine rings is 1. The predicted molar refractivity (Wildman–Crippen MR) is 70.9 cm³/mol. The monoisotopic (exact) mass is 268 g/mol. The van der Waals surface area contributed by atoms with E-state index in [1.165, 1.54) is 0 Å². The lowest BCUT2D eigenvalue weighted by Crippen LogP contribution is -2.33. The fourth-order valence-corrected chi connectivity index (χ4v) is 1.37. The van der Waals surface area contributed by atoms with Crippen LogP contribution in [0.2, 0.25) is 0 Å². The molecule has 106 valence electrons. The zero-order valence-corrected chi connectivity index (χ0v) is 11.4. The van der Waals surface area contributed by atoms with Crippen molar-refractivity contribution in [3.05, 3.63) is 23.9 Å². The third kappa shape index (κ3) is 5.78. The molecule has 19 heavy (non-hydrogen) atoms. The van der Waals surface area contributed by atoms with Crippen LogP contribution in [0.3, 0.4) is 0 Å². The van der Waals surface area contributed by atoms with Gasteiger partial charge in [0.2, 0.25) is 0 Å². The van der Waals surface area contributed by atoms with Gasteiger partial charge in [0.05, 0.1) is 19.3 Å². The highest BCUT2D eigenvalue weighted by Gasteiger charge is 2.17. The fourth-order valence-electron chi connectivity index (χ4n) is 1.37. The van der Waals surface area contributed by atoms with Crippen LogP contribution in [0.25, 0.3) is 0 Å². The second-order valence-electron chi connectivity index (χ2n) is 4.33. The average molecular weight is 268 g/mol. The number of aliphatic hydroxyl groups is 1. The number of aliphatic hydroxyl groups excluding tert-OH is 1. The molecule has 0 aliphatic heterocycles. The van der Waals surface area contributed by atoms with E-state index in [1.54, 1.807) is 26.3 Å². The molecule has 0 fully saturated rings. The maximum atomic E-state index is 11.7. The maximum Gasteiger partial charge on any atom is 0.256 e. The molecule has 2 atom stereocenters. The molecule has 0 aromatic carbocycles. The summed E-state index contributed by atoms with van der Waals surface area (Å²) in [5.74, 6) is -0.138. The van der Waals surface area contributed by atoms with Crippen molar-refractivity contribution < 1.29 is 19.4 Å². The van der Waals surface area contributed by atoms with Crippen molar-refractivity contribution in [3.8, 4) is 0 Å². The van der Waals surface area contributed by atoms with Gasteiger partial charge < -0.3 is 19.9 Å². The molecule has 0 aliphatic carbocycles. The van der Waals surface area contributed by atoms with Crippen LogP contribution in [0.5, 0.6) is 0 Å². The fraction of sp³-hybridized carbons (Fsp3) is 0.538. The SMILES string of the molecule is COCC(C)OCC(O)C(=O)Nc1ccc(C)cn1. The molecule has 2 unspecified atom stereocenters. The van der Waals surface area contributed by atoms with Crippen LogP contribution in [-0.4, -0.2) is 48.5 Å². The number of carbonyl (C=O) groups excluding carboxylic acids is 1. The number of nitrogens with one attached hydrogen (secondary N) is 1. The number of nitrogens with zero attached hydrogens (tertiary/aromatic N) is 1. The maximum absolute atomic E-state index is 11.7. The Morgan fingerprint density at radius 3 is 2.79 bits per heavy atom. The van der Waals surface area contributed by atoms with Crippen molar-refractivity contribution >= 4 is 11.7 Å². The molecule has 1 rings (SSSR count). The molecule has 1 heterocycles. The first-order valence-corrected chi connectivity index (χ1v) is 6.05. The number of anilines is 1. The first-order chi connectivity index (χ1) is 9.02. The quantitative estimate of drug-likeness (QED) is 0.762. The Hall–Kier alpha value is -1.50. The van der Waals surface area contributed by atoms with Crippen molar-refractivity contribution in [3.63, 3.8) is 0 Å². The first kappa shape index (κ1) is 15.6.